The van der Waals surface area contributed by atoms with Crippen molar-refractivity contribution < 1.29 is 30.5 Å². The first-order valence-electron chi connectivity index (χ1n) is 13.7. The number of thioether (sulfide) groups is 1. The van der Waals surface area contributed by atoms with Gasteiger partial charge in [-0.2, -0.15) is 21.4 Å². The van der Waals surface area contributed by atoms with E-state index in [-0.39, 0.29) is 24.3 Å². The van der Waals surface area contributed by atoms with Crippen molar-refractivity contribution >= 4 is 86.9 Å². The summed E-state index contributed by atoms with van der Waals surface area (Å²) in [6.45, 7) is 0.382. The number of aryl methyl sites for hydroxylation is 2. The van der Waals surface area contributed by atoms with Gasteiger partial charge in [0.25, 0.3) is 25.2 Å². The summed E-state index contributed by atoms with van der Waals surface area (Å²) in [6.07, 6.45) is 7.00. The van der Waals surface area contributed by atoms with Crippen LogP contribution in [-0.2, 0) is 33.2 Å². The van der Waals surface area contributed by atoms with Gasteiger partial charge in [-0.15, -0.1) is 0 Å². The lowest BCUT2D eigenvalue weighted by Gasteiger charge is -2.07. The van der Waals surface area contributed by atoms with E-state index in [2.05, 4.69) is 40.2 Å². The molecule has 0 spiro atoms. The van der Waals surface area contributed by atoms with E-state index in [0.717, 1.165) is 47.2 Å². The Labute approximate surface area is 258 Å². The Morgan fingerprint density at radius 1 is 0.837 bits per heavy atom. The lowest BCUT2D eigenvalue weighted by molar-refractivity contribution is -0.667. The first kappa shape index (κ1) is 29.8. The van der Waals surface area contributed by atoms with Crippen molar-refractivity contribution in [3.8, 4) is 0 Å². The van der Waals surface area contributed by atoms with Gasteiger partial charge in [-0.1, -0.05) is 77.7 Å². The van der Waals surface area contributed by atoms with Gasteiger partial charge in [0.1, 0.15) is 4.70 Å². The maximum absolute atomic E-state index is 11.5. The molecule has 222 valence electrons. The topological polar surface area (TPSA) is 125 Å². The van der Waals surface area contributed by atoms with Crippen molar-refractivity contribution in [2.24, 2.45) is 0 Å². The second kappa shape index (κ2) is 12.0. The van der Waals surface area contributed by atoms with Crippen LogP contribution in [0.5, 0.6) is 0 Å². The third kappa shape index (κ3) is 6.79. The number of aromatic nitrogens is 1. The van der Waals surface area contributed by atoms with Gasteiger partial charge in [-0.05, 0) is 53.5 Å². The van der Waals surface area contributed by atoms with Crippen LogP contribution in [0.1, 0.15) is 23.4 Å². The molecule has 0 saturated carbocycles. The van der Waals surface area contributed by atoms with Crippen LogP contribution in [0, 0.1) is 0 Å². The Balaban J connectivity index is 1.36. The smallest absolute Gasteiger partial charge is 0.265 e. The molecular weight excluding hydrogens is 625 g/mol. The third-order valence-electron chi connectivity index (χ3n) is 7.30. The SMILES string of the molecule is O=S(=O)(O)CCCc1cc2sc(C=CC=C3Nc4c(ccc5ccccc45)S3)[n+](CCCS(=O)(=O)O)c2c2ccccc12. The molecule has 0 radical (unpaired) electrons. The first-order chi connectivity index (χ1) is 20.6. The van der Waals surface area contributed by atoms with Crippen LogP contribution in [-0.4, -0.2) is 37.4 Å². The van der Waals surface area contributed by atoms with E-state index in [1.54, 1.807) is 23.1 Å². The molecule has 8 nitrogen and oxygen atoms in total. The molecule has 0 atom stereocenters. The van der Waals surface area contributed by atoms with Gasteiger partial charge < -0.3 is 5.32 Å². The number of anilines is 1. The van der Waals surface area contributed by atoms with Gasteiger partial charge in [0.2, 0.25) is 5.52 Å². The molecule has 0 bridgehead atoms. The van der Waals surface area contributed by atoms with Crippen molar-refractivity contribution in [3.63, 3.8) is 0 Å². The summed E-state index contributed by atoms with van der Waals surface area (Å²) < 4.78 is 67.2. The molecule has 4 aromatic carbocycles. The molecule has 0 aliphatic carbocycles. The fourth-order valence-electron chi connectivity index (χ4n) is 5.47. The van der Waals surface area contributed by atoms with Crippen molar-refractivity contribution in [1.29, 1.82) is 0 Å². The number of fused-ring (bicyclic) bond motifs is 6. The minimum Gasteiger partial charge on any atom is -0.349 e. The van der Waals surface area contributed by atoms with Gasteiger partial charge in [0.15, 0.2) is 6.54 Å². The highest BCUT2D eigenvalue weighted by Gasteiger charge is 2.24. The molecule has 1 aromatic heterocycles. The largest absolute Gasteiger partial charge is 0.349 e. The molecule has 0 unspecified atom stereocenters. The maximum atomic E-state index is 11.5. The molecule has 5 aromatic rings. The van der Waals surface area contributed by atoms with E-state index in [9.17, 15) is 25.9 Å². The normalized spacial score (nSPS) is 14.8. The summed E-state index contributed by atoms with van der Waals surface area (Å²) in [4.78, 5) is 1.16. The van der Waals surface area contributed by atoms with Gasteiger partial charge in [-0.25, -0.2) is 0 Å². The Morgan fingerprint density at radius 2 is 1.53 bits per heavy atom. The summed E-state index contributed by atoms with van der Waals surface area (Å²) in [7, 11) is -8.16. The third-order valence-corrected chi connectivity index (χ3v) is 11.0. The Kier molecular flexibility index (Phi) is 8.33. The number of nitrogens with one attached hydrogen (secondary N) is 1. The molecule has 3 N–H and O–H groups in total. The monoisotopic (exact) mass is 653 g/mol. The predicted octanol–water partition coefficient (Wildman–Crippen LogP) is 6.67. The van der Waals surface area contributed by atoms with Gasteiger partial charge in [0.05, 0.1) is 27.6 Å². The number of hydrogen-bond acceptors (Lipinski definition) is 7. The zero-order valence-corrected chi connectivity index (χ0v) is 26.2. The molecule has 1 aliphatic rings. The zero-order chi connectivity index (χ0) is 30.2. The summed E-state index contributed by atoms with van der Waals surface area (Å²) in [5.41, 5.74) is 3.03. The number of nitrogens with zero attached hydrogens (tertiary/aromatic N) is 1. The highest BCUT2D eigenvalue weighted by molar-refractivity contribution is 8.03. The molecule has 2 heterocycles. The molecule has 0 saturated heterocycles. The minimum absolute atomic E-state index is 0.238. The van der Waals surface area contributed by atoms with Crippen LogP contribution in [0.2, 0.25) is 0 Å². The van der Waals surface area contributed by atoms with Crippen LogP contribution in [0.3, 0.4) is 0 Å². The average molecular weight is 654 g/mol. The van der Waals surface area contributed by atoms with Crippen molar-refractivity contribution in [1.82, 2.24) is 0 Å². The summed E-state index contributed by atoms with van der Waals surface area (Å²) >= 11 is 3.23. The number of hydrogen-bond donors (Lipinski definition) is 3. The van der Waals surface area contributed by atoms with E-state index in [1.807, 2.05) is 54.6 Å². The van der Waals surface area contributed by atoms with Crippen LogP contribution < -0.4 is 9.88 Å². The lowest BCUT2D eigenvalue weighted by Crippen LogP contribution is -2.36. The molecule has 0 amide bonds. The average Bonchev–Trinajstić information content (AvgIpc) is 3.53. The second-order valence-electron chi connectivity index (χ2n) is 10.3. The molecule has 6 rings (SSSR count). The van der Waals surface area contributed by atoms with Crippen LogP contribution in [0.15, 0.2) is 88.8 Å². The Morgan fingerprint density at radius 3 is 2.30 bits per heavy atom. The Bertz CT molecular complexity index is 2150. The van der Waals surface area contributed by atoms with Gasteiger partial charge in [0, 0.05) is 22.8 Å². The summed E-state index contributed by atoms with van der Waals surface area (Å²) in [6, 6.07) is 22.4. The fourth-order valence-corrected chi connectivity index (χ4v) is 8.59. The summed E-state index contributed by atoms with van der Waals surface area (Å²) in [5, 5.41) is 9.72. The van der Waals surface area contributed by atoms with Crippen molar-refractivity contribution in [2.75, 3.05) is 16.8 Å². The van der Waals surface area contributed by atoms with Crippen molar-refractivity contribution in [3.05, 3.63) is 94.5 Å². The molecule has 1 aliphatic heterocycles. The molecular formula is C31H29N2O6S4+. The standard InChI is InChI=1S/C31H28N2O6S4/c34-42(35,36)18-6-9-22-20-27-31(25-12-4-3-10-23(22)25)33(17-7-19-43(37,38)39)29(41-27)14-5-13-28-32-30-24-11-2-1-8-21(24)15-16-26(30)40-28/h1-5,8,10-16,20H,6-7,9,17-19H2,(H2,34,35,36,37,38,39)/p+1. The van der Waals surface area contributed by atoms with Crippen LogP contribution >= 0.6 is 23.1 Å². The zero-order valence-electron chi connectivity index (χ0n) is 22.9. The summed E-state index contributed by atoms with van der Waals surface area (Å²) in [5.74, 6) is -0.656. The highest BCUT2D eigenvalue weighted by Crippen LogP contribution is 2.44. The minimum atomic E-state index is -4.10. The number of thiazole rings is 1. The number of rotatable bonds is 10. The lowest BCUT2D eigenvalue weighted by atomic mass is 10.00. The second-order valence-corrected chi connectivity index (χ2v) is 15.6. The highest BCUT2D eigenvalue weighted by atomic mass is 32.2. The van der Waals surface area contributed by atoms with Crippen molar-refractivity contribution in [2.45, 2.75) is 30.7 Å². The van der Waals surface area contributed by atoms with Gasteiger partial charge >= 0.3 is 0 Å². The molecule has 12 heteroatoms. The van der Waals surface area contributed by atoms with E-state index >= 15 is 0 Å². The maximum Gasteiger partial charge on any atom is 0.265 e. The van der Waals surface area contributed by atoms with Gasteiger partial charge in [-0.3, -0.25) is 9.11 Å². The van der Waals surface area contributed by atoms with E-state index in [1.165, 1.54) is 10.8 Å². The molecule has 43 heavy (non-hydrogen) atoms. The van der Waals surface area contributed by atoms with Crippen LogP contribution in [0.25, 0.3) is 37.8 Å². The van der Waals surface area contributed by atoms with E-state index < -0.39 is 20.2 Å². The Hall–Kier alpha value is -3.26. The first-order valence-corrected chi connectivity index (χ1v) is 18.5. The van der Waals surface area contributed by atoms with Crippen LogP contribution in [0.4, 0.5) is 5.69 Å². The fraction of sp³-hybridized carbons (Fsp3) is 0.194. The predicted molar refractivity (Wildman–Crippen MR) is 176 cm³/mol. The van der Waals surface area contributed by atoms with E-state index in [4.69, 9.17) is 0 Å². The quantitative estimate of drug-likeness (QED) is 0.113. The molecule has 0 fully saturated rings. The number of benzene rings is 4. The number of allylic oxidation sites excluding steroid dienone is 2. The van der Waals surface area contributed by atoms with E-state index in [0.29, 0.717) is 13.0 Å².